The van der Waals surface area contributed by atoms with Gasteiger partial charge in [0.1, 0.15) is 11.6 Å². The van der Waals surface area contributed by atoms with Crippen LogP contribution in [0.15, 0.2) is 22.7 Å². The molecule has 2 rings (SSSR count). The molecule has 1 aliphatic carbocycles. The van der Waals surface area contributed by atoms with Crippen LogP contribution in [0, 0.1) is 11.7 Å². The number of benzene rings is 1. The number of rotatable bonds is 5. The summed E-state index contributed by atoms with van der Waals surface area (Å²) in [6.07, 6.45) is 8.53. The molecule has 3 heteroatoms. The maximum absolute atomic E-state index is 13.2. The molecule has 0 aromatic heterocycles. The normalized spacial score (nSPS) is 16.5. The van der Waals surface area contributed by atoms with Crippen molar-refractivity contribution in [3.63, 3.8) is 0 Å². The van der Waals surface area contributed by atoms with Crippen molar-refractivity contribution >= 4 is 21.7 Å². The van der Waals surface area contributed by atoms with Crippen LogP contribution in [0.5, 0.6) is 0 Å². The van der Waals surface area contributed by atoms with Gasteiger partial charge in [-0.05, 0) is 36.1 Å². The van der Waals surface area contributed by atoms with Gasteiger partial charge in [-0.25, -0.2) is 4.39 Å². The van der Waals surface area contributed by atoms with E-state index in [1.165, 1.54) is 44.2 Å². The van der Waals surface area contributed by atoms with E-state index in [0.717, 1.165) is 17.9 Å². The highest BCUT2D eigenvalue weighted by Crippen LogP contribution is 2.27. The van der Waals surface area contributed by atoms with E-state index in [1.54, 1.807) is 0 Å². The molecule has 1 aliphatic rings. The molecule has 0 bridgehead atoms. The number of halogens is 2. The zero-order valence-electron chi connectivity index (χ0n) is 11.1. The van der Waals surface area contributed by atoms with E-state index in [1.807, 2.05) is 6.07 Å². The number of carbonyl (C=O) groups is 1. The largest absolute Gasteiger partial charge is 0.299 e. The standard InChI is InChI=1S/C16H20BrFO/c17-14-8-13(9-15(18)11-14)10-16(19)7-6-12-4-2-1-3-5-12/h8-9,11-12H,1-7,10H2. The molecule has 0 aliphatic heterocycles. The first kappa shape index (κ1) is 14.7. The number of hydrogen-bond acceptors (Lipinski definition) is 1. The molecule has 0 spiro atoms. The van der Waals surface area contributed by atoms with Gasteiger partial charge in [0, 0.05) is 17.3 Å². The summed E-state index contributed by atoms with van der Waals surface area (Å²) in [4.78, 5) is 11.9. The van der Waals surface area contributed by atoms with E-state index in [4.69, 9.17) is 0 Å². The molecule has 1 aromatic carbocycles. The predicted octanol–water partition coefficient (Wildman–Crippen LogP) is 5.06. The fraction of sp³-hybridized carbons (Fsp3) is 0.562. The first-order chi connectivity index (χ1) is 9.13. The molecule has 0 heterocycles. The van der Waals surface area contributed by atoms with Gasteiger partial charge in [0.05, 0.1) is 0 Å². The molecule has 1 saturated carbocycles. The molecule has 1 aromatic rings. The molecular weight excluding hydrogens is 307 g/mol. The smallest absolute Gasteiger partial charge is 0.137 e. The Morgan fingerprint density at radius 1 is 1.21 bits per heavy atom. The molecule has 0 radical (unpaired) electrons. The minimum atomic E-state index is -0.288. The minimum Gasteiger partial charge on any atom is -0.299 e. The molecule has 0 unspecified atom stereocenters. The Kier molecular flexibility index (Phi) is 5.56. The SMILES string of the molecule is O=C(CCC1CCCCC1)Cc1cc(F)cc(Br)c1. The summed E-state index contributed by atoms with van der Waals surface area (Å²) in [7, 11) is 0. The highest BCUT2D eigenvalue weighted by atomic mass is 79.9. The van der Waals surface area contributed by atoms with Gasteiger partial charge in [0.25, 0.3) is 0 Å². The van der Waals surface area contributed by atoms with Gasteiger partial charge in [0.2, 0.25) is 0 Å². The van der Waals surface area contributed by atoms with Crippen LogP contribution in [0.2, 0.25) is 0 Å². The Morgan fingerprint density at radius 3 is 2.63 bits per heavy atom. The monoisotopic (exact) mass is 326 g/mol. The summed E-state index contributed by atoms with van der Waals surface area (Å²) in [6, 6.07) is 4.68. The highest BCUT2D eigenvalue weighted by Gasteiger charge is 2.15. The van der Waals surface area contributed by atoms with Gasteiger partial charge >= 0.3 is 0 Å². The molecule has 0 saturated heterocycles. The van der Waals surface area contributed by atoms with Crippen molar-refractivity contribution in [1.82, 2.24) is 0 Å². The second-order valence-electron chi connectivity index (χ2n) is 5.54. The molecule has 1 fully saturated rings. The highest BCUT2D eigenvalue weighted by molar-refractivity contribution is 9.10. The van der Waals surface area contributed by atoms with Gasteiger partial charge in [-0.1, -0.05) is 48.0 Å². The quantitative estimate of drug-likeness (QED) is 0.739. The fourth-order valence-electron chi connectivity index (χ4n) is 2.87. The lowest BCUT2D eigenvalue weighted by Crippen LogP contribution is -2.10. The molecule has 1 nitrogen and oxygen atoms in total. The van der Waals surface area contributed by atoms with E-state index in [0.29, 0.717) is 17.3 Å². The second kappa shape index (κ2) is 7.18. The molecule has 0 N–H and O–H groups in total. The average molecular weight is 327 g/mol. The number of carbonyl (C=O) groups excluding carboxylic acids is 1. The van der Waals surface area contributed by atoms with E-state index in [9.17, 15) is 9.18 Å². The van der Waals surface area contributed by atoms with Gasteiger partial charge in [-0.15, -0.1) is 0 Å². The van der Waals surface area contributed by atoms with Crippen LogP contribution in [-0.2, 0) is 11.2 Å². The van der Waals surface area contributed by atoms with Crippen LogP contribution in [0.4, 0.5) is 4.39 Å². The molecule has 0 atom stereocenters. The van der Waals surface area contributed by atoms with Crippen LogP contribution in [0.25, 0.3) is 0 Å². The predicted molar refractivity (Wildman–Crippen MR) is 78.6 cm³/mol. The fourth-order valence-corrected chi connectivity index (χ4v) is 3.38. The molecular formula is C16H20BrFO. The summed E-state index contributed by atoms with van der Waals surface area (Å²) in [6.45, 7) is 0. The molecule has 0 amide bonds. The van der Waals surface area contributed by atoms with E-state index in [-0.39, 0.29) is 11.6 Å². The van der Waals surface area contributed by atoms with Crippen molar-refractivity contribution < 1.29 is 9.18 Å². The Labute approximate surface area is 122 Å². The lowest BCUT2D eigenvalue weighted by molar-refractivity contribution is -0.118. The Bertz CT molecular complexity index is 418. The number of hydrogen-bond donors (Lipinski definition) is 0. The van der Waals surface area contributed by atoms with E-state index >= 15 is 0 Å². The zero-order chi connectivity index (χ0) is 13.7. The third-order valence-corrected chi connectivity index (χ3v) is 4.34. The Hall–Kier alpha value is -0.700. The first-order valence-corrected chi connectivity index (χ1v) is 7.89. The van der Waals surface area contributed by atoms with E-state index < -0.39 is 0 Å². The topological polar surface area (TPSA) is 17.1 Å². The lowest BCUT2D eigenvalue weighted by atomic mass is 9.85. The average Bonchev–Trinajstić information content (AvgIpc) is 2.36. The van der Waals surface area contributed by atoms with Gasteiger partial charge < -0.3 is 0 Å². The number of Topliss-reactive ketones (excluding diaryl/α,β-unsaturated/α-hetero) is 1. The first-order valence-electron chi connectivity index (χ1n) is 7.10. The maximum atomic E-state index is 13.2. The summed E-state index contributed by atoms with van der Waals surface area (Å²) in [5, 5.41) is 0. The van der Waals surface area contributed by atoms with Crippen LogP contribution >= 0.6 is 15.9 Å². The number of ketones is 1. The van der Waals surface area contributed by atoms with Crippen LogP contribution in [-0.4, -0.2) is 5.78 Å². The summed E-state index contributed by atoms with van der Waals surface area (Å²) >= 11 is 3.25. The third kappa shape index (κ3) is 5.06. The van der Waals surface area contributed by atoms with Crippen molar-refractivity contribution in [2.45, 2.75) is 51.4 Å². The molecule has 104 valence electrons. The van der Waals surface area contributed by atoms with Crippen molar-refractivity contribution in [3.05, 3.63) is 34.1 Å². The summed E-state index contributed by atoms with van der Waals surface area (Å²) < 4.78 is 13.9. The second-order valence-corrected chi connectivity index (χ2v) is 6.45. The third-order valence-electron chi connectivity index (χ3n) is 3.88. The summed E-state index contributed by atoms with van der Waals surface area (Å²) in [5.41, 5.74) is 0.764. The zero-order valence-corrected chi connectivity index (χ0v) is 12.7. The van der Waals surface area contributed by atoms with Crippen LogP contribution < -0.4 is 0 Å². The maximum Gasteiger partial charge on any atom is 0.137 e. The van der Waals surface area contributed by atoms with Crippen molar-refractivity contribution in [1.29, 1.82) is 0 Å². The van der Waals surface area contributed by atoms with Crippen molar-refractivity contribution in [2.24, 2.45) is 5.92 Å². The van der Waals surface area contributed by atoms with Crippen molar-refractivity contribution in [2.75, 3.05) is 0 Å². The van der Waals surface area contributed by atoms with Gasteiger partial charge in [-0.2, -0.15) is 0 Å². The van der Waals surface area contributed by atoms with Crippen molar-refractivity contribution in [3.8, 4) is 0 Å². The Balaban J connectivity index is 1.80. The Morgan fingerprint density at radius 2 is 1.95 bits per heavy atom. The van der Waals surface area contributed by atoms with Crippen LogP contribution in [0.1, 0.15) is 50.5 Å². The minimum absolute atomic E-state index is 0.225. The summed E-state index contributed by atoms with van der Waals surface area (Å²) in [5.74, 6) is 0.671. The van der Waals surface area contributed by atoms with Gasteiger partial charge in [-0.3, -0.25) is 4.79 Å². The molecule has 19 heavy (non-hydrogen) atoms. The van der Waals surface area contributed by atoms with E-state index in [2.05, 4.69) is 15.9 Å². The van der Waals surface area contributed by atoms with Crippen LogP contribution in [0.3, 0.4) is 0 Å². The van der Waals surface area contributed by atoms with Gasteiger partial charge in [0.15, 0.2) is 0 Å². The lowest BCUT2D eigenvalue weighted by Gasteiger charge is -2.20.